The van der Waals surface area contributed by atoms with Gasteiger partial charge in [-0.2, -0.15) is 0 Å². The van der Waals surface area contributed by atoms with E-state index in [1.54, 1.807) is 0 Å². The molecular weight excluding hydrogens is 942 g/mol. The van der Waals surface area contributed by atoms with E-state index < -0.39 is 5.41 Å². The minimum atomic E-state index is -0.749. The van der Waals surface area contributed by atoms with Crippen molar-refractivity contribution in [3.05, 3.63) is 252 Å². The van der Waals surface area contributed by atoms with E-state index in [1.165, 1.54) is 38.6 Å². The molecule has 18 rings (SSSR count). The molecule has 14 aromatic rings. The second-order valence-electron chi connectivity index (χ2n) is 21.6. The maximum atomic E-state index is 7.60. The van der Waals surface area contributed by atoms with E-state index in [4.69, 9.17) is 18.3 Å². The highest BCUT2D eigenvalue weighted by molar-refractivity contribution is 7.01. The first-order valence-electron chi connectivity index (χ1n) is 26.6. The lowest BCUT2D eigenvalue weighted by atomic mass is 9.32. The van der Waals surface area contributed by atoms with Gasteiger partial charge in [0.2, 0.25) is 0 Å². The smallest absolute Gasteiger partial charge is 0.266 e. The van der Waals surface area contributed by atoms with E-state index in [2.05, 4.69) is 237 Å². The molecule has 0 atom stereocenters. The van der Waals surface area contributed by atoms with Gasteiger partial charge < -0.3 is 23.2 Å². The zero-order valence-electron chi connectivity index (χ0n) is 41.9. The molecule has 358 valence electrons. The maximum Gasteiger partial charge on any atom is 0.266 e. The van der Waals surface area contributed by atoms with Crippen molar-refractivity contribution in [2.24, 2.45) is 0 Å². The molecular formula is C71H42BNO4. The number of hydrogen-bond acceptors (Lipinski definition) is 5. The van der Waals surface area contributed by atoms with Crippen LogP contribution in [-0.4, -0.2) is 6.71 Å². The van der Waals surface area contributed by atoms with Crippen LogP contribution in [0.1, 0.15) is 33.4 Å². The van der Waals surface area contributed by atoms with Gasteiger partial charge in [0.05, 0.1) is 11.1 Å². The van der Waals surface area contributed by atoms with Crippen LogP contribution in [0, 0.1) is 13.8 Å². The molecule has 0 fully saturated rings. The SMILES string of the molecule is Cc1cc2c3c(c1)Oc1c(-c4ccc5oc6cc7ccccc7cc6c5c4)cc4c5c1B3c1c(ccc(-c3ccc6oc7cc8ccccc8cc7c6c3)c1O2)N5c1ccc(C)cc1C4(c1ccccc1)c1ccccc1. The molecule has 0 unspecified atom stereocenters. The Kier molecular flexibility index (Phi) is 7.96. The molecule has 6 heteroatoms. The molecule has 77 heavy (non-hydrogen) atoms. The minimum Gasteiger partial charge on any atom is -0.458 e. The standard InChI is InChI=1S/C71H42BNO4/c1-39-21-25-57-55(29-39)71(47-17-5-3-6-18-47,48-19-7-4-8-20-48)56-38-50(46-23-28-60-52(35-46)54-33-42-14-10-12-16-44(42)37-62(54)75-60)70-67-68(56)73(57)58-26-24-49(69-65(58)72(67)66-63(76-69)30-40(2)31-64(66)77-70)45-22-27-59-51(34-45)53-32-41-13-9-11-15-43(41)36-61(53)74-59/h3-38H,1-2H3. The lowest BCUT2D eigenvalue weighted by molar-refractivity contribution is 0.465. The van der Waals surface area contributed by atoms with Crippen LogP contribution in [0.3, 0.4) is 0 Å². The van der Waals surface area contributed by atoms with Crippen LogP contribution in [0.25, 0.3) is 87.7 Å². The predicted molar refractivity (Wildman–Crippen MR) is 314 cm³/mol. The molecule has 4 aliphatic heterocycles. The van der Waals surface area contributed by atoms with Crippen LogP contribution in [0.2, 0.25) is 0 Å². The Morgan fingerprint density at radius 3 is 1.49 bits per heavy atom. The molecule has 0 bridgehead atoms. The maximum absolute atomic E-state index is 7.60. The van der Waals surface area contributed by atoms with Crippen LogP contribution in [-0.2, 0) is 5.41 Å². The molecule has 5 nitrogen and oxygen atoms in total. The normalized spacial score (nSPS) is 14.1. The third kappa shape index (κ3) is 5.43. The molecule has 12 aromatic carbocycles. The van der Waals surface area contributed by atoms with Gasteiger partial charge in [-0.3, -0.25) is 0 Å². The van der Waals surface area contributed by atoms with E-state index in [0.717, 1.165) is 139 Å². The van der Waals surface area contributed by atoms with Gasteiger partial charge in [0.15, 0.2) is 0 Å². The van der Waals surface area contributed by atoms with Gasteiger partial charge in [-0.05, 0) is 170 Å². The van der Waals surface area contributed by atoms with Gasteiger partial charge >= 0.3 is 0 Å². The summed E-state index contributed by atoms with van der Waals surface area (Å²) in [5.41, 5.74) is 20.6. The summed E-state index contributed by atoms with van der Waals surface area (Å²) in [6.07, 6.45) is 0. The zero-order chi connectivity index (χ0) is 50.4. The van der Waals surface area contributed by atoms with E-state index >= 15 is 0 Å². The lowest BCUT2D eigenvalue weighted by Crippen LogP contribution is -2.63. The van der Waals surface area contributed by atoms with Crippen molar-refractivity contribution in [1.29, 1.82) is 0 Å². The van der Waals surface area contributed by atoms with Crippen molar-refractivity contribution in [2.45, 2.75) is 19.3 Å². The number of ether oxygens (including phenoxy) is 2. The summed E-state index contributed by atoms with van der Waals surface area (Å²) < 4.78 is 28.3. The van der Waals surface area contributed by atoms with Gasteiger partial charge in [0, 0.05) is 49.5 Å². The second kappa shape index (κ2) is 14.7. The topological polar surface area (TPSA) is 48.0 Å². The first-order valence-corrected chi connectivity index (χ1v) is 26.6. The molecule has 0 aliphatic carbocycles. The van der Waals surface area contributed by atoms with Crippen LogP contribution in [0.5, 0.6) is 23.0 Å². The number of nitrogens with zero attached hydrogens (tertiary/aromatic N) is 1. The summed E-state index contributed by atoms with van der Waals surface area (Å²) in [5.74, 6) is 3.35. The van der Waals surface area contributed by atoms with Crippen molar-refractivity contribution in [1.82, 2.24) is 0 Å². The molecule has 0 radical (unpaired) electrons. The average molecular weight is 984 g/mol. The molecule has 2 aromatic heterocycles. The Morgan fingerprint density at radius 1 is 0.377 bits per heavy atom. The number of benzene rings is 12. The summed E-state index contributed by atoms with van der Waals surface area (Å²) in [6.45, 7) is 4.12. The highest BCUT2D eigenvalue weighted by Crippen LogP contribution is 2.62. The number of anilines is 3. The first-order chi connectivity index (χ1) is 37.9. The fourth-order valence-electron chi connectivity index (χ4n) is 14.1. The summed E-state index contributed by atoms with van der Waals surface area (Å²) >= 11 is 0. The van der Waals surface area contributed by atoms with Crippen LogP contribution < -0.4 is 30.8 Å². The van der Waals surface area contributed by atoms with Gasteiger partial charge in [-0.1, -0.05) is 139 Å². The molecule has 0 saturated heterocycles. The lowest BCUT2D eigenvalue weighted by Gasteiger charge is -2.52. The Labute approximate surface area is 442 Å². The largest absolute Gasteiger partial charge is 0.458 e. The fraction of sp³-hybridized carbons (Fsp3) is 0.0423. The van der Waals surface area contributed by atoms with Gasteiger partial charge in [0.25, 0.3) is 6.71 Å². The van der Waals surface area contributed by atoms with Crippen LogP contribution in [0.4, 0.5) is 17.1 Å². The van der Waals surface area contributed by atoms with E-state index in [0.29, 0.717) is 0 Å². The monoisotopic (exact) mass is 983 g/mol. The van der Waals surface area contributed by atoms with Crippen molar-refractivity contribution in [3.8, 4) is 45.3 Å². The molecule has 0 amide bonds. The predicted octanol–water partition coefficient (Wildman–Crippen LogP) is 16.9. The Balaban J connectivity index is 0.972. The summed E-state index contributed by atoms with van der Waals surface area (Å²) in [5, 5.41) is 8.99. The molecule has 0 spiro atoms. The van der Waals surface area contributed by atoms with Crippen LogP contribution >= 0.6 is 0 Å². The van der Waals surface area contributed by atoms with Crippen molar-refractivity contribution >= 4 is 106 Å². The third-order valence-corrected chi connectivity index (χ3v) is 17.4. The van der Waals surface area contributed by atoms with E-state index in [-0.39, 0.29) is 6.71 Å². The van der Waals surface area contributed by atoms with Gasteiger partial charge in [0.1, 0.15) is 45.3 Å². The second-order valence-corrected chi connectivity index (χ2v) is 21.6. The minimum absolute atomic E-state index is 0.237. The van der Waals surface area contributed by atoms with Crippen molar-refractivity contribution in [2.75, 3.05) is 4.90 Å². The Hall–Kier alpha value is -9.78. The number of fused-ring (bicyclic) bond motifs is 11. The highest BCUT2D eigenvalue weighted by atomic mass is 16.5. The van der Waals surface area contributed by atoms with E-state index in [9.17, 15) is 0 Å². The van der Waals surface area contributed by atoms with E-state index in [1.807, 2.05) is 0 Å². The number of hydrogen-bond donors (Lipinski definition) is 0. The Morgan fingerprint density at radius 2 is 0.896 bits per heavy atom. The van der Waals surface area contributed by atoms with Gasteiger partial charge in [-0.15, -0.1) is 0 Å². The highest BCUT2D eigenvalue weighted by Gasteiger charge is 2.55. The molecule has 6 heterocycles. The molecule has 0 N–H and O–H groups in total. The van der Waals surface area contributed by atoms with Gasteiger partial charge in [-0.25, -0.2) is 0 Å². The summed E-state index contributed by atoms with van der Waals surface area (Å²) in [6, 6.07) is 80.0. The molecule has 0 saturated carbocycles. The first kappa shape index (κ1) is 41.6. The van der Waals surface area contributed by atoms with Crippen molar-refractivity contribution in [3.63, 3.8) is 0 Å². The average Bonchev–Trinajstić information content (AvgIpc) is 4.14. The van der Waals surface area contributed by atoms with Crippen LogP contribution in [0.15, 0.2) is 227 Å². The number of aryl methyl sites for hydroxylation is 2. The summed E-state index contributed by atoms with van der Waals surface area (Å²) in [4.78, 5) is 2.54. The Bertz CT molecular complexity index is 4920. The number of rotatable bonds is 4. The zero-order valence-corrected chi connectivity index (χ0v) is 41.9. The number of furan rings is 2. The summed E-state index contributed by atoms with van der Waals surface area (Å²) in [7, 11) is 0. The molecule has 4 aliphatic rings. The quantitative estimate of drug-likeness (QED) is 0.164. The third-order valence-electron chi connectivity index (χ3n) is 17.4. The fourth-order valence-corrected chi connectivity index (χ4v) is 14.1. The van der Waals surface area contributed by atoms with Crippen molar-refractivity contribution < 1.29 is 18.3 Å².